The lowest BCUT2D eigenvalue weighted by Gasteiger charge is -2.58. The van der Waals surface area contributed by atoms with Crippen LogP contribution in [0.5, 0.6) is 17.2 Å². The number of allylic oxidation sites excluding steroid dienone is 1. The maximum absolute atomic E-state index is 11.7. The van der Waals surface area contributed by atoms with Crippen LogP contribution in [0.4, 0.5) is 5.69 Å². The lowest BCUT2D eigenvalue weighted by atomic mass is 9.56. The molecule has 0 spiro atoms. The van der Waals surface area contributed by atoms with Crippen LogP contribution >= 0.6 is 11.8 Å². The summed E-state index contributed by atoms with van der Waals surface area (Å²) in [5.41, 5.74) is 4.00. The van der Waals surface area contributed by atoms with E-state index < -0.39 is 10.7 Å². The van der Waals surface area contributed by atoms with Crippen molar-refractivity contribution in [3.8, 4) is 17.2 Å². The molecular formula is C56H78N2O8S. The van der Waals surface area contributed by atoms with Crippen molar-refractivity contribution >= 4 is 23.2 Å². The van der Waals surface area contributed by atoms with Gasteiger partial charge in [0.2, 0.25) is 5.79 Å². The van der Waals surface area contributed by atoms with Gasteiger partial charge in [0.25, 0.3) is 5.69 Å². The van der Waals surface area contributed by atoms with Crippen LogP contribution in [0.25, 0.3) is 0 Å². The molecule has 2 aliphatic carbocycles. The number of hydrogen-bond acceptors (Lipinski definition) is 10. The number of aliphatic hydroxyl groups is 2. The van der Waals surface area contributed by atoms with Gasteiger partial charge in [0, 0.05) is 37.2 Å². The molecule has 11 heteroatoms. The standard InChI is InChI=1S/C56H78N2O8S/c1-3-5-6-7-8-9-10-11-12-13-14-15-16-24-37-67-53-41-51(57-64-42-43-26-18-17-19-27-43)49-38-44(28-20-22-34-59)48(31-21-23-35-60)54-50-40-47(65-46-30-25-29-45(39-46)58(61)62)32-33-52(50)66-56(53,55(49)54)63-36-4-2/h4,17-19,25-27,29-30,32-33,38-40,44,48,53-55,59-60H,2-3,5-16,20-24,28,31,34-37,41-42H2,1H3/t44-,48+,53-,54+,55+,56+/m0/s1. The molecule has 3 aromatic rings. The molecule has 0 radical (unpaired) electrons. The first-order chi connectivity index (χ1) is 32.9. The summed E-state index contributed by atoms with van der Waals surface area (Å²) in [6.07, 6.45) is 28.2. The predicted molar refractivity (Wildman–Crippen MR) is 272 cm³/mol. The summed E-state index contributed by atoms with van der Waals surface area (Å²) in [7, 11) is 0. The minimum absolute atomic E-state index is 0.0409. The summed E-state index contributed by atoms with van der Waals surface area (Å²) >= 11 is 1.92. The highest BCUT2D eigenvalue weighted by atomic mass is 32.2. The van der Waals surface area contributed by atoms with Crippen LogP contribution in [-0.4, -0.2) is 57.5 Å². The van der Waals surface area contributed by atoms with E-state index in [9.17, 15) is 20.3 Å². The highest BCUT2D eigenvalue weighted by Crippen LogP contribution is 2.62. The van der Waals surface area contributed by atoms with Gasteiger partial charge in [0.1, 0.15) is 23.9 Å². The molecule has 366 valence electrons. The summed E-state index contributed by atoms with van der Waals surface area (Å²) in [5, 5.41) is 36.5. The minimum Gasteiger partial charge on any atom is -0.460 e. The third kappa shape index (κ3) is 14.9. The third-order valence-corrected chi connectivity index (χ3v) is 15.4. The van der Waals surface area contributed by atoms with Crippen molar-refractivity contribution in [1.82, 2.24) is 0 Å². The topological polar surface area (TPSA) is 133 Å². The molecule has 1 fully saturated rings. The van der Waals surface area contributed by atoms with Gasteiger partial charge in [-0.2, -0.15) is 11.8 Å². The van der Waals surface area contributed by atoms with Crippen LogP contribution in [0.1, 0.15) is 159 Å². The van der Waals surface area contributed by atoms with E-state index in [1.807, 2.05) is 60.3 Å². The van der Waals surface area contributed by atoms with Crippen molar-refractivity contribution in [1.29, 1.82) is 0 Å². The maximum Gasteiger partial charge on any atom is 0.273 e. The molecular weight excluding hydrogens is 861 g/mol. The fourth-order valence-electron chi connectivity index (χ4n) is 10.6. The second-order valence-electron chi connectivity index (χ2n) is 18.8. The van der Waals surface area contributed by atoms with Crippen LogP contribution in [0.15, 0.2) is 102 Å². The van der Waals surface area contributed by atoms with Crippen molar-refractivity contribution in [2.45, 2.75) is 165 Å². The molecule has 0 unspecified atom stereocenters. The van der Waals surface area contributed by atoms with E-state index in [-0.39, 0.29) is 47.8 Å². The first-order valence-corrected chi connectivity index (χ1v) is 26.8. The van der Waals surface area contributed by atoms with Gasteiger partial charge in [0.05, 0.1) is 34.5 Å². The molecule has 1 saturated carbocycles. The van der Waals surface area contributed by atoms with Crippen LogP contribution in [0.3, 0.4) is 0 Å². The van der Waals surface area contributed by atoms with Crippen molar-refractivity contribution in [2.75, 3.05) is 25.6 Å². The van der Waals surface area contributed by atoms with Crippen molar-refractivity contribution < 1.29 is 34.2 Å². The SMILES string of the molecule is C=CCO[C@@]12Oc3ccc(Oc4cccc([N+](=O)[O-])c4)cc3[C@H]3[C@H](CCCCO)[C@@H](CCCCO)C=C(C(=NOCc4ccccc4)C[C@@H]1SCCCCCCCCCCCCCCCC)[C@H]32. The molecule has 67 heavy (non-hydrogen) atoms. The number of unbranched alkanes of at least 4 members (excludes halogenated alkanes) is 15. The molecule has 1 aliphatic heterocycles. The van der Waals surface area contributed by atoms with E-state index in [1.165, 1.54) is 95.6 Å². The molecule has 6 rings (SSSR count). The summed E-state index contributed by atoms with van der Waals surface area (Å²) in [6.45, 7) is 7.28. The number of oxime groups is 1. The molecule has 0 amide bonds. The summed E-state index contributed by atoms with van der Waals surface area (Å²) in [6, 6.07) is 22.3. The zero-order chi connectivity index (χ0) is 47.1. The average Bonchev–Trinajstić information content (AvgIpc) is 3.34. The first kappa shape index (κ1) is 52.2. The van der Waals surface area contributed by atoms with Gasteiger partial charge in [-0.15, -0.1) is 6.58 Å². The normalized spacial score (nSPS) is 22.3. The van der Waals surface area contributed by atoms with Gasteiger partial charge in [0.15, 0.2) is 0 Å². The maximum atomic E-state index is 11.7. The van der Waals surface area contributed by atoms with Crippen LogP contribution < -0.4 is 9.47 Å². The van der Waals surface area contributed by atoms with Crippen LogP contribution in [-0.2, 0) is 16.2 Å². The largest absolute Gasteiger partial charge is 0.460 e. The second kappa shape index (κ2) is 28.4. The number of nitrogens with zero attached hydrogens (tertiary/aromatic N) is 2. The number of nitro benzene ring substituents is 1. The minimum atomic E-state index is -1.05. The van der Waals surface area contributed by atoms with E-state index in [0.29, 0.717) is 44.0 Å². The Kier molecular flexibility index (Phi) is 22.1. The number of fused-ring (bicyclic) bond motifs is 2. The van der Waals surface area contributed by atoms with Crippen molar-refractivity contribution in [2.24, 2.45) is 22.9 Å². The number of rotatable bonds is 33. The number of nitro groups is 1. The van der Waals surface area contributed by atoms with Crippen LogP contribution in [0, 0.1) is 27.9 Å². The lowest BCUT2D eigenvalue weighted by Crippen LogP contribution is -2.64. The molecule has 1 heterocycles. The number of non-ortho nitro benzene ring substituents is 1. The zero-order valence-electron chi connectivity index (χ0n) is 40.2. The smallest absolute Gasteiger partial charge is 0.273 e. The van der Waals surface area contributed by atoms with E-state index in [0.717, 1.165) is 66.0 Å². The molecule has 0 saturated heterocycles. The summed E-state index contributed by atoms with van der Waals surface area (Å²) in [5.74, 6) is 1.52. The number of aliphatic hydroxyl groups excluding tert-OH is 2. The molecule has 0 aromatic heterocycles. The summed E-state index contributed by atoms with van der Waals surface area (Å²) < 4.78 is 20.9. The zero-order valence-corrected chi connectivity index (χ0v) is 41.0. The number of benzene rings is 3. The van der Waals surface area contributed by atoms with Gasteiger partial charge in [-0.25, -0.2) is 0 Å². The Labute approximate surface area is 405 Å². The highest BCUT2D eigenvalue weighted by Gasteiger charge is 2.64. The number of thioether (sulfide) groups is 1. The van der Waals surface area contributed by atoms with E-state index in [1.54, 1.807) is 12.1 Å². The van der Waals surface area contributed by atoms with E-state index >= 15 is 0 Å². The predicted octanol–water partition coefficient (Wildman–Crippen LogP) is 14.4. The molecule has 3 aromatic carbocycles. The van der Waals surface area contributed by atoms with Crippen molar-refractivity contribution in [3.63, 3.8) is 0 Å². The number of ether oxygens (including phenoxy) is 3. The Balaban J connectivity index is 1.30. The average molecular weight is 939 g/mol. The second-order valence-corrected chi connectivity index (χ2v) is 20.1. The Morgan fingerprint density at radius 2 is 1.49 bits per heavy atom. The van der Waals surface area contributed by atoms with E-state index in [4.69, 9.17) is 24.2 Å². The Morgan fingerprint density at radius 3 is 2.16 bits per heavy atom. The molecule has 10 nitrogen and oxygen atoms in total. The number of hydrogen-bond donors (Lipinski definition) is 2. The van der Waals surface area contributed by atoms with Crippen LogP contribution in [0.2, 0.25) is 0 Å². The van der Waals surface area contributed by atoms with Gasteiger partial charge in [-0.3, -0.25) is 10.1 Å². The van der Waals surface area contributed by atoms with Gasteiger partial charge >= 0.3 is 0 Å². The molecule has 2 N–H and O–H groups in total. The fourth-order valence-corrected chi connectivity index (χ4v) is 12.0. The fraction of sp³-hybridized carbons (Fsp3) is 0.589. The van der Waals surface area contributed by atoms with E-state index in [2.05, 4.69) is 25.6 Å². The molecule has 6 atom stereocenters. The quantitative estimate of drug-likeness (QED) is 0.0265. The molecule has 3 aliphatic rings. The van der Waals surface area contributed by atoms with Gasteiger partial charge in [-0.05, 0) is 85.1 Å². The third-order valence-electron chi connectivity index (χ3n) is 14.0. The Morgan fingerprint density at radius 1 is 0.821 bits per heavy atom. The first-order valence-electron chi connectivity index (χ1n) is 25.7. The highest BCUT2D eigenvalue weighted by molar-refractivity contribution is 8.00. The molecule has 0 bridgehead atoms. The van der Waals surface area contributed by atoms with Crippen molar-refractivity contribution in [3.05, 3.63) is 118 Å². The monoisotopic (exact) mass is 939 g/mol. The summed E-state index contributed by atoms with van der Waals surface area (Å²) in [4.78, 5) is 17.5. The Bertz CT molecular complexity index is 2010. The lowest BCUT2D eigenvalue weighted by molar-refractivity contribution is -0.384. The van der Waals surface area contributed by atoms with Gasteiger partial charge in [-0.1, -0.05) is 157 Å². The Hall–Kier alpha value is -4.16. The van der Waals surface area contributed by atoms with Gasteiger partial charge < -0.3 is 29.3 Å².